The molecule has 16 nitrogen and oxygen atoms in total. The van der Waals surface area contributed by atoms with E-state index in [2.05, 4.69) is 10.6 Å². The number of benzene rings is 5. The van der Waals surface area contributed by atoms with Gasteiger partial charge in [-0.15, -0.1) is 0 Å². The van der Waals surface area contributed by atoms with Gasteiger partial charge in [0.15, 0.2) is 0 Å². The van der Waals surface area contributed by atoms with Gasteiger partial charge in [-0.05, 0) is 106 Å². The quantitative estimate of drug-likeness (QED) is 0.0715. The lowest BCUT2D eigenvalue weighted by Gasteiger charge is -2.23. The topological polar surface area (TPSA) is 176 Å². The van der Waals surface area contributed by atoms with Crippen LogP contribution in [0.5, 0.6) is 0 Å². The zero-order valence-corrected chi connectivity index (χ0v) is 43.6. The molecule has 0 aliphatic carbocycles. The molecule has 2 aliphatic heterocycles. The number of carbonyl (C=O) groups excluding carboxylic acids is 6. The fraction of sp³-hybridized carbons (Fsp3) is 0.379. The summed E-state index contributed by atoms with van der Waals surface area (Å²) in [5, 5.41) is 5.83. The van der Waals surface area contributed by atoms with Gasteiger partial charge in [0.05, 0.1) is 61.5 Å². The van der Waals surface area contributed by atoms with Crippen LogP contribution in [0.3, 0.4) is 0 Å². The third-order valence-electron chi connectivity index (χ3n) is 13.6. The number of fused-ring (bicyclic) bond motifs is 2. The molecule has 0 atom stereocenters. The Bertz CT molecular complexity index is 2640. The van der Waals surface area contributed by atoms with Gasteiger partial charge in [-0.25, -0.2) is 8.78 Å². The largest absolute Gasteiger partial charge is 0.383 e. The number of nitrogens with zero attached hydrogens (tertiary/aromatic N) is 4. The van der Waals surface area contributed by atoms with Crippen molar-refractivity contribution in [3.05, 3.63) is 175 Å². The molecular formula is C58H66F2N6O10. The first-order valence-corrected chi connectivity index (χ1v) is 25.3. The molecule has 2 aliphatic rings. The molecule has 2 heterocycles. The second-order valence-corrected chi connectivity index (χ2v) is 18.8. The monoisotopic (exact) mass is 1040 g/mol. The van der Waals surface area contributed by atoms with E-state index >= 15 is 0 Å². The fourth-order valence-electron chi connectivity index (χ4n) is 9.24. The highest BCUT2D eigenvalue weighted by atomic mass is 19.1. The predicted molar refractivity (Wildman–Crippen MR) is 279 cm³/mol. The van der Waals surface area contributed by atoms with Gasteiger partial charge in [-0.1, -0.05) is 48.5 Å². The molecule has 18 heteroatoms. The van der Waals surface area contributed by atoms with Crippen LogP contribution >= 0.6 is 0 Å². The minimum Gasteiger partial charge on any atom is -0.383 e. The number of ether oxygens (including phenoxy) is 4. The van der Waals surface area contributed by atoms with Crippen molar-refractivity contribution in [3.8, 4) is 0 Å². The lowest BCUT2D eigenvalue weighted by atomic mass is 9.98. The van der Waals surface area contributed by atoms with Crippen LogP contribution in [0.1, 0.15) is 85.9 Å². The van der Waals surface area contributed by atoms with Crippen molar-refractivity contribution in [1.82, 2.24) is 30.2 Å². The number of amides is 6. The Morgan fingerprint density at radius 1 is 0.447 bits per heavy atom. The fourth-order valence-corrected chi connectivity index (χ4v) is 9.24. The molecule has 7 rings (SSSR count). The Morgan fingerprint density at radius 2 is 0.737 bits per heavy atom. The molecular weight excluding hydrogens is 979 g/mol. The lowest BCUT2D eigenvalue weighted by Crippen LogP contribution is -2.38. The molecule has 0 saturated heterocycles. The Kier molecular flexibility index (Phi) is 20.3. The van der Waals surface area contributed by atoms with Gasteiger partial charge >= 0.3 is 0 Å². The maximum Gasteiger partial charge on any atom is 0.254 e. The number of methoxy groups -OCH3 is 4. The van der Waals surface area contributed by atoms with Crippen LogP contribution in [0.25, 0.3) is 0 Å². The van der Waals surface area contributed by atoms with Crippen LogP contribution in [0, 0.1) is 11.6 Å². The number of nitrogens with one attached hydrogen (secondary N) is 2. The minimum absolute atomic E-state index is 0.0749. The Balaban J connectivity index is 1.000. The van der Waals surface area contributed by atoms with Crippen molar-refractivity contribution >= 4 is 35.4 Å². The van der Waals surface area contributed by atoms with Gasteiger partial charge < -0.3 is 49.2 Å². The van der Waals surface area contributed by atoms with Crippen LogP contribution in [-0.4, -0.2) is 149 Å². The van der Waals surface area contributed by atoms with Gasteiger partial charge in [-0.2, -0.15) is 0 Å². The van der Waals surface area contributed by atoms with Crippen LogP contribution in [-0.2, 0) is 80.4 Å². The number of carbonyl (C=O) groups is 6. The highest BCUT2D eigenvalue weighted by molar-refractivity contribution is 6.08. The van der Waals surface area contributed by atoms with Gasteiger partial charge in [0.25, 0.3) is 23.6 Å². The summed E-state index contributed by atoms with van der Waals surface area (Å²) < 4.78 is 48.1. The number of rotatable bonds is 26. The Hall–Kier alpha value is -7.38. The van der Waals surface area contributed by atoms with Crippen LogP contribution in [0.2, 0.25) is 0 Å². The van der Waals surface area contributed by atoms with Crippen LogP contribution in [0.4, 0.5) is 8.78 Å². The van der Waals surface area contributed by atoms with Crippen LogP contribution < -0.4 is 10.6 Å². The molecule has 76 heavy (non-hydrogen) atoms. The van der Waals surface area contributed by atoms with E-state index in [-0.39, 0.29) is 162 Å². The third-order valence-corrected chi connectivity index (χ3v) is 13.6. The maximum absolute atomic E-state index is 14.2. The van der Waals surface area contributed by atoms with Crippen LogP contribution in [0.15, 0.2) is 97.1 Å². The maximum atomic E-state index is 14.2. The molecule has 0 aromatic heterocycles. The third kappa shape index (κ3) is 14.9. The molecule has 0 saturated carbocycles. The van der Waals surface area contributed by atoms with Gasteiger partial charge in [-0.3, -0.25) is 28.8 Å². The summed E-state index contributed by atoms with van der Waals surface area (Å²) in [6, 6.07) is 26.1. The van der Waals surface area contributed by atoms with E-state index in [9.17, 15) is 37.5 Å². The minimum atomic E-state index is -0.449. The lowest BCUT2D eigenvalue weighted by molar-refractivity contribution is -0.131. The van der Waals surface area contributed by atoms with Gasteiger partial charge in [0.1, 0.15) is 11.6 Å². The molecule has 2 N–H and O–H groups in total. The van der Waals surface area contributed by atoms with E-state index in [0.29, 0.717) is 12.8 Å². The second-order valence-electron chi connectivity index (χ2n) is 18.8. The van der Waals surface area contributed by atoms with Crippen molar-refractivity contribution in [2.24, 2.45) is 0 Å². The first-order valence-electron chi connectivity index (χ1n) is 25.3. The molecule has 0 unspecified atom stereocenters. The summed E-state index contributed by atoms with van der Waals surface area (Å²) in [5.74, 6) is -2.66. The smallest absolute Gasteiger partial charge is 0.254 e. The Labute approximate surface area is 442 Å². The summed E-state index contributed by atoms with van der Waals surface area (Å²) in [4.78, 5) is 90.2. The van der Waals surface area contributed by atoms with E-state index in [0.717, 1.165) is 44.5 Å². The van der Waals surface area contributed by atoms with E-state index < -0.39 is 11.8 Å². The van der Waals surface area contributed by atoms with Gasteiger partial charge in [0.2, 0.25) is 11.8 Å². The molecule has 0 bridgehead atoms. The molecule has 5 aromatic carbocycles. The van der Waals surface area contributed by atoms with E-state index in [4.69, 9.17) is 18.9 Å². The number of hydrogen-bond acceptors (Lipinski definition) is 10. The van der Waals surface area contributed by atoms with E-state index in [1.807, 2.05) is 24.3 Å². The highest BCUT2D eigenvalue weighted by Gasteiger charge is 2.32. The molecule has 5 aromatic rings. The zero-order valence-electron chi connectivity index (χ0n) is 43.6. The molecule has 402 valence electrons. The average molecular weight is 1050 g/mol. The Morgan fingerprint density at radius 3 is 1.04 bits per heavy atom. The number of halogens is 2. The van der Waals surface area contributed by atoms with E-state index in [1.54, 1.807) is 96.6 Å². The van der Waals surface area contributed by atoms with E-state index in [1.165, 1.54) is 24.3 Å². The van der Waals surface area contributed by atoms with Crippen molar-refractivity contribution in [1.29, 1.82) is 0 Å². The first kappa shape index (κ1) is 56.3. The molecule has 0 radical (unpaired) electrons. The standard InChI is InChI=1S/C58H66F2N6O10/c1-73-25-21-63(22-26-74-2)57(71)51-33-45-37-65(35-43(45)31-49(51)55(69)61-19-17-39-9-13-47(59)14-10-39)53(67)29-41-5-7-42(8-6-41)30-54(68)66-36-44-32-50(56(70)62-20-18-40-11-15-48(60)16-12-40)52(34-46(44)38-66)58(72)64(23-27-75-3)24-28-76-4/h5-16,31-34H,17-30,35-38H2,1-4H3,(H,61,69)(H,62,70). The summed E-state index contributed by atoms with van der Waals surface area (Å²) >= 11 is 0. The summed E-state index contributed by atoms with van der Waals surface area (Å²) in [5.41, 5.74) is 6.92. The summed E-state index contributed by atoms with van der Waals surface area (Å²) in [6.45, 7) is 3.62. The average Bonchev–Trinajstić information content (AvgIpc) is 4.07. The van der Waals surface area contributed by atoms with Crippen molar-refractivity contribution in [2.45, 2.75) is 51.9 Å². The van der Waals surface area contributed by atoms with Crippen molar-refractivity contribution in [2.75, 3.05) is 94.1 Å². The van der Waals surface area contributed by atoms with Crippen molar-refractivity contribution < 1.29 is 56.5 Å². The normalized spacial score (nSPS) is 12.6. The van der Waals surface area contributed by atoms with Crippen molar-refractivity contribution in [3.63, 3.8) is 0 Å². The van der Waals surface area contributed by atoms with Gasteiger partial charge in [0, 0.05) is 93.9 Å². The number of hydrogen-bond donors (Lipinski definition) is 2. The molecule has 6 amide bonds. The second kappa shape index (κ2) is 27.4. The predicted octanol–water partition coefficient (Wildman–Crippen LogP) is 5.55. The first-order chi connectivity index (χ1) is 36.8. The molecule has 0 fully saturated rings. The highest BCUT2D eigenvalue weighted by Crippen LogP contribution is 2.30. The molecule has 0 spiro atoms. The SMILES string of the molecule is COCCN(CCOC)C(=O)c1cc2c(cc1C(=O)NCCc1ccc(F)cc1)CN(C(=O)Cc1ccc(CC(=O)N3Cc4cc(C(=O)NCCc5ccc(F)cc5)c(C(=O)N(CCOC)CCOC)cc4C3)cc1)C2. The summed E-state index contributed by atoms with van der Waals surface area (Å²) in [6.07, 6.45) is 1.05. The summed E-state index contributed by atoms with van der Waals surface area (Å²) in [7, 11) is 6.17. The zero-order chi connectivity index (χ0) is 54.1.